The van der Waals surface area contributed by atoms with Crippen molar-refractivity contribution in [1.29, 1.82) is 0 Å². The highest BCUT2D eigenvalue weighted by atomic mass is 19.4. The Labute approximate surface area is 113 Å². The van der Waals surface area contributed by atoms with Crippen LogP contribution in [0.2, 0.25) is 0 Å². The fourth-order valence-electron chi connectivity index (χ4n) is 3.60. The van der Waals surface area contributed by atoms with Crippen molar-refractivity contribution in [3.05, 3.63) is 0 Å². The molecule has 2 rings (SSSR count). The summed E-state index contributed by atoms with van der Waals surface area (Å²) in [7, 11) is 0. The number of hydrogen-bond acceptors (Lipinski definition) is 2. The summed E-state index contributed by atoms with van der Waals surface area (Å²) in [5, 5.41) is 3.49. The zero-order valence-electron chi connectivity index (χ0n) is 11.5. The van der Waals surface area contributed by atoms with E-state index in [1.807, 2.05) is 0 Å². The maximum atomic E-state index is 12.7. The lowest BCUT2D eigenvalue weighted by molar-refractivity contribution is -0.184. The highest BCUT2D eigenvalue weighted by Crippen LogP contribution is 2.41. The number of halogens is 3. The molecule has 1 N–H and O–H groups in total. The quantitative estimate of drug-likeness (QED) is 0.852. The smallest absolute Gasteiger partial charge is 0.381 e. The summed E-state index contributed by atoms with van der Waals surface area (Å²) in [4.78, 5) is 0. The molecule has 2 unspecified atom stereocenters. The van der Waals surface area contributed by atoms with Crippen molar-refractivity contribution >= 4 is 0 Å². The third kappa shape index (κ3) is 3.85. The Morgan fingerprint density at radius 2 is 1.79 bits per heavy atom. The molecule has 0 aromatic carbocycles. The number of rotatable bonds is 4. The molecule has 19 heavy (non-hydrogen) atoms. The van der Waals surface area contributed by atoms with Gasteiger partial charge in [0, 0.05) is 18.6 Å². The lowest BCUT2D eigenvalue weighted by atomic mass is 9.74. The van der Waals surface area contributed by atoms with Gasteiger partial charge in [0.1, 0.15) is 0 Å². The Balaban J connectivity index is 1.89. The molecule has 2 aliphatic rings. The van der Waals surface area contributed by atoms with Gasteiger partial charge in [0.2, 0.25) is 0 Å². The maximum absolute atomic E-state index is 12.7. The van der Waals surface area contributed by atoms with Crippen LogP contribution in [0.15, 0.2) is 0 Å². The molecule has 0 aromatic rings. The predicted molar refractivity (Wildman–Crippen MR) is 67.9 cm³/mol. The first-order chi connectivity index (χ1) is 9.02. The first-order valence-corrected chi connectivity index (χ1v) is 7.40. The van der Waals surface area contributed by atoms with Crippen LogP contribution in [0, 0.1) is 17.8 Å². The molecule has 112 valence electrons. The fraction of sp³-hybridized carbons (Fsp3) is 1.00. The third-order valence-corrected chi connectivity index (χ3v) is 4.66. The van der Waals surface area contributed by atoms with Crippen LogP contribution in [0.1, 0.15) is 39.0 Å². The van der Waals surface area contributed by atoms with Crippen molar-refractivity contribution in [3.8, 4) is 0 Å². The molecule has 1 aliphatic heterocycles. The molecule has 1 saturated heterocycles. The van der Waals surface area contributed by atoms with E-state index in [0.29, 0.717) is 43.6 Å². The normalized spacial score (nSPS) is 34.4. The maximum Gasteiger partial charge on any atom is 0.391 e. The molecule has 1 aliphatic carbocycles. The monoisotopic (exact) mass is 279 g/mol. The summed E-state index contributed by atoms with van der Waals surface area (Å²) < 4.78 is 43.5. The first kappa shape index (κ1) is 15.1. The van der Waals surface area contributed by atoms with Crippen LogP contribution in [-0.2, 0) is 4.74 Å². The van der Waals surface area contributed by atoms with Crippen molar-refractivity contribution in [3.63, 3.8) is 0 Å². The highest BCUT2D eigenvalue weighted by molar-refractivity contribution is 4.89. The van der Waals surface area contributed by atoms with Gasteiger partial charge in [0.25, 0.3) is 0 Å². The lowest BCUT2D eigenvalue weighted by Crippen LogP contribution is -2.44. The third-order valence-electron chi connectivity index (χ3n) is 4.66. The molecule has 2 fully saturated rings. The van der Waals surface area contributed by atoms with E-state index in [1.54, 1.807) is 0 Å². The zero-order chi connectivity index (χ0) is 13.9. The highest BCUT2D eigenvalue weighted by Gasteiger charge is 2.43. The molecule has 2 atom stereocenters. The molecule has 0 amide bonds. The van der Waals surface area contributed by atoms with Gasteiger partial charge in [-0.1, -0.05) is 6.92 Å². The van der Waals surface area contributed by atoms with Crippen LogP contribution >= 0.6 is 0 Å². The second-order valence-electron chi connectivity index (χ2n) is 5.86. The average molecular weight is 279 g/mol. The van der Waals surface area contributed by atoms with Gasteiger partial charge in [-0.25, -0.2) is 0 Å². The Bertz CT molecular complexity index is 268. The molecule has 2 nitrogen and oxygen atoms in total. The van der Waals surface area contributed by atoms with Crippen molar-refractivity contribution in [2.24, 2.45) is 17.8 Å². The lowest BCUT2D eigenvalue weighted by Gasteiger charge is -2.37. The average Bonchev–Trinajstić information content (AvgIpc) is 2.89. The molecule has 0 radical (unpaired) electrons. The molecule has 1 heterocycles. The molecule has 1 saturated carbocycles. The molecular weight excluding hydrogens is 255 g/mol. The van der Waals surface area contributed by atoms with E-state index in [9.17, 15) is 13.2 Å². The second-order valence-corrected chi connectivity index (χ2v) is 5.86. The van der Waals surface area contributed by atoms with E-state index in [0.717, 1.165) is 26.2 Å². The van der Waals surface area contributed by atoms with E-state index in [1.165, 1.54) is 0 Å². The van der Waals surface area contributed by atoms with Gasteiger partial charge >= 0.3 is 6.18 Å². The van der Waals surface area contributed by atoms with Gasteiger partial charge < -0.3 is 10.1 Å². The summed E-state index contributed by atoms with van der Waals surface area (Å²) in [5.41, 5.74) is 0. The van der Waals surface area contributed by atoms with Crippen LogP contribution in [0.3, 0.4) is 0 Å². The van der Waals surface area contributed by atoms with Gasteiger partial charge in [0.05, 0.1) is 12.5 Å². The largest absolute Gasteiger partial charge is 0.391 e. The summed E-state index contributed by atoms with van der Waals surface area (Å²) >= 11 is 0. The van der Waals surface area contributed by atoms with Gasteiger partial charge in [-0.2, -0.15) is 13.2 Å². The number of nitrogens with one attached hydrogen (secondary N) is 1. The zero-order valence-corrected chi connectivity index (χ0v) is 11.5. The van der Waals surface area contributed by atoms with E-state index < -0.39 is 12.1 Å². The summed E-state index contributed by atoms with van der Waals surface area (Å²) in [6, 6.07) is 0.335. The van der Waals surface area contributed by atoms with Gasteiger partial charge in [-0.3, -0.25) is 0 Å². The van der Waals surface area contributed by atoms with Gasteiger partial charge in [-0.15, -0.1) is 0 Å². The van der Waals surface area contributed by atoms with E-state index in [-0.39, 0.29) is 0 Å². The fourth-order valence-corrected chi connectivity index (χ4v) is 3.60. The van der Waals surface area contributed by atoms with E-state index in [4.69, 9.17) is 4.74 Å². The SMILES string of the molecule is CCNC(C1CCC(C(F)(F)F)CC1)C1CCOC1. The second kappa shape index (κ2) is 6.44. The summed E-state index contributed by atoms with van der Waals surface area (Å²) in [6.45, 7) is 4.49. The van der Waals surface area contributed by atoms with Crippen molar-refractivity contribution < 1.29 is 17.9 Å². The molecular formula is C14H24F3NO. The van der Waals surface area contributed by atoms with Crippen molar-refractivity contribution in [1.82, 2.24) is 5.32 Å². The minimum atomic E-state index is -4.00. The van der Waals surface area contributed by atoms with Crippen molar-refractivity contribution in [2.75, 3.05) is 19.8 Å². The van der Waals surface area contributed by atoms with Gasteiger partial charge in [-0.05, 0) is 44.6 Å². The van der Waals surface area contributed by atoms with Crippen LogP contribution in [0.5, 0.6) is 0 Å². The van der Waals surface area contributed by atoms with Crippen LogP contribution in [0.4, 0.5) is 13.2 Å². The predicted octanol–water partition coefficient (Wildman–Crippen LogP) is 3.37. The number of hydrogen-bond donors (Lipinski definition) is 1. The topological polar surface area (TPSA) is 21.3 Å². The summed E-state index contributed by atoms with van der Waals surface area (Å²) in [6.07, 6.45) is -0.990. The molecule has 5 heteroatoms. The molecule has 0 spiro atoms. The van der Waals surface area contributed by atoms with E-state index >= 15 is 0 Å². The van der Waals surface area contributed by atoms with Crippen LogP contribution < -0.4 is 5.32 Å². The van der Waals surface area contributed by atoms with Crippen LogP contribution in [-0.4, -0.2) is 32.0 Å². The number of alkyl halides is 3. The van der Waals surface area contributed by atoms with Crippen molar-refractivity contribution in [2.45, 2.75) is 51.2 Å². The van der Waals surface area contributed by atoms with Gasteiger partial charge in [0.15, 0.2) is 0 Å². The first-order valence-electron chi connectivity index (χ1n) is 7.40. The minimum absolute atomic E-state index is 0.295. The van der Waals surface area contributed by atoms with E-state index in [2.05, 4.69) is 12.2 Å². The molecule has 0 bridgehead atoms. The Morgan fingerprint density at radius 1 is 1.11 bits per heavy atom. The van der Waals surface area contributed by atoms with Crippen LogP contribution in [0.25, 0.3) is 0 Å². The summed E-state index contributed by atoms with van der Waals surface area (Å²) in [5.74, 6) is -0.219. The Kier molecular flexibility index (Phi) is 5.12. The Morgan fingerprint density at radius 3 is 2.26 bits per heavy atom. The molecule has 0 aromatic heterocycles. The standard InChI is InChI=1S/C14H24F3NO/c1-2-18-13(11-7-8-19-9-11)10-3-5-12(6-4-10)14(15,16)17/h10-13,18H,2-9H2,1H3. The Hall–Kier alpha value is -0.290. The minimum Gasteiger partial charge on any atom is -0.381 e. The number of ether oxygens (including phenoxy) is 1.